The van der Waals surface area contributed by atoms with Crippen molar-refractivity contribution in [2.45, 2.75) is 47.5 Å². The van der Waals surface area contributed by atoms with Gasteiger partial charge in [-0.1, -0.05) is 29.8 Å². The zero-order chi connectivity index (χ0) is 25.7. The Labute approximate surface area is 218 Å². The van der Waals surface area contributed by atoms with Crippen molar-refractivity contribution in [2.75, 3.05) is 55.0 Å². The van der Waals surface area contributed by atoms with Gasteiger partial charge in [-0.2, -0.15) is 0 Å². The molecule has 0 amide bonds. The third kappa shape index (κ3) is 5.78. The second-order valence-corrected chi connectivity index (χ2v) is 9.87. The van der Waals surface area contributed by atoms with Crippen molar-refractivity contribution in [3.63, 3.8) is 0 Å². The van der Waals surface area contributed by atoms with Crippen molar-refractivity contribution >= 4 is 28.7 Å². The van der Waals surface area contributed by atoms with E-state index in [1.54, 1.807) is 0 Å². The molecule has 0 bridgehead atoms. The van der Waals surface area contributed by atoms with Crippen LogP contribution >= 0.6 is 11.6 Å². The van der Waals surface area contributed by atoms with Gasteiger partial charge in [0.25, 0.3) is 0 Å². The molecule has 0 fully saturated rings. The maximum Gasteiger partial charge on any atom is 0.0468 e. The number of benzene rings is 3. The first kappa shape index (κ1) is 26.9. The van der Waals surface area contributed by atoms with Crippen LogP contribution in [0.3, 0.4) is 0 Å². The Bertz CT molecular complexity index is 1070. The number of halogens is 1. The summed E-state index contributed by atoms with van der Waals surface area (Å²) in [5.74, 6) is 0.0650. The maximum atomic E-state index is 6.98. The molecule has 0 aliphatic rings. The highest BCUT2D eigenvalue weighted by molar-refractivity contribution is 6.31. The number of hydrogen-bond donors (Lipinski definition) is 0. The highest BCUT2D eigenvalue weighted by Crippen LogP contribution is 2.41. The van der Waals surface area contributed by atoms with E-state index in [9.17, 15) is 0 Å². The van der Waals surface area contributed by atoms with Gasteiger partial charge in [-0.25, -0.2) is 0 Å². The van der Waals surface area contributed by atoms with Crippen molar-refractivity contribution in [3.05, 3.63) is 87.4 Å². The summed E-state index contributed by atoms with van der Waals surface area (Å²) in [6.07, 6.45) is 0. The molecular formula is C31H42ClN3. The summed E-state index contributed by atoms with van der Waals surface area (Å²) in [6, 6.07) is 20.3. The molecule has 0 aromatic heterocycles. The monoisotopic (exact) mass is 491 g/mol. The fourth-order valence-electron chi connectivity index (χ4n) is 5.07. The largest absolute Gasteiger partial charge is 0.378 e. The summed E-state index contributed by atoms with van der Waals surface area (Å²) < 4.78 is 0. The Morgan fingerprint density at radius 2 is 1.00 bits per heavy atom. The van der Waals surface area contributed by atoms with Crippen LogP contribution in [0.1, 0.15) is 61.4 Å². The Kier molecular flexibility index (Phi) is 9.13. The van der Waals surface area contributed by atoms with Crippen LogP contribution in [0.4, 0.5) is 17.1 Å². The Morgan fingerprint density at radius 1 is 0.600 bits per heavy atom. The third-order valence-corrected chi connectivity index (χ3v) is 7.52. The lowest BCUT2D eigenvalue weighted by molar-refractivity contribution is 0.859. The van der Waals surface area contributed by atoms with E-state index >= 15 is 0 Å². The smallest absolute Gasteiger partial charge is 0.0468 e. The lowest BCUT2D eigenvalue weighted by Gasteiger charge is -2.28. The predicted molar refractivity (Wildman–Crippen MR) is 156 cm³/mol. The van der Waals surface area contributed by atoms with Crippen molar-refractivity contribution in [1.82, 2.24) is 0 Å². The molecule has 3 nitrogen and oxygen atoms in total. The Morgan fingerprint density at radius 3 is 1.34 bits per heavy atom. The first-order valence-electron chi connectivity index (χ1n) is 12.9. The number of anilines is 3. The zero-order valence-corrected chi connectivity index (χ0v) is 23.6. The van der Waals surface area contributed by atoms with Gasteiger partial charge < -0.3 is 14.7 Å². The Balaban J connectivity index is 2.20. The second-order valence-electron chi connectivity index (χ2n) is 9.46. The average molecular weight is 492 g/mol. The Hall–Kier alpha value is -2.65. The molecule has 0 radical (unpaired) electrons. The summed E-state index contributed by atoms with van der Waals surface area (Å²) in [6.45, 7) is 17.3. The summed E-state index contributed by atoms with van der Waals surface area (Å²) in [7, 11) is 4.10. The van der Waals surface area contributed by atoms with Crippen LogP contribution in [0.15, 0.2) is 54.6 Å². The molecule has 4 heteroatoms. The minimum absolute atomic E-state index is 0.0650. The van der Waals surface area contributed by atoms with E-state index < -0.39 is 0 Å². The van der Waals surface area contributed by atoms with Gasteiger partial charge in [0.2, 0.25) is 0 Å². The summed E-state index contributed by atoms with van der Waals surface area (Å²) >= 11 is 6.98. The van der Waals surface area contributed by atoms with Crippen molar-refractivity contribution < 1.29 is 0 Å². The highest BCUT2D eigenvalue weighted by Gasteiger charge is 2.24. The minimum Gasteiger partial charge on any atom is -0.378 e. The maximum absolute atomic E-state index is 6.98. The average Bonchev–Trinajstić information content (AvgIpc) is 2.83. The lowest BCUT2D eigenvalue weighted by atomic mass is 9.81. The van der Waals surface area contributed by atoms with Gasteiger partial charge in [-0.05, 0) is 106 Å². The van der Waals surface area contributed by atoms with E-state index in [0.29, 0.717) is 0 Å². The van der Waals surface area contributed by atoms with E-state index in [1.807, 2.05) is 0 Å². The molecule has 0 N–H and O–H groups in total. The molecule has 3 aromatic carbocycles. The molecule has 3 aromatic rings. The van der Waals surface area contributed by atoms with Gasteiger partial charge in [0.15, 0.2) is 0 Å². The van der Waals surface area contributed by atoms with E-state index in [2.05, 4.69) is 125 Å². The highest BCUT2D eigenvalue weighted by atomic mass is 35.5. The molecular weight excluding hydrogens is 450 g/mol. The van der Waals surface area contributed by atoms with Crippen LogP contribution in [0.5, 0.6) is 0 Å². The molecule has 3 rings (SSSR count). The standard InChI is InChI=1S/C31H42ClN3/c1-9-34(10-2)25-14-16-27(22(5)19-25)31(29-18-13-24(33(7)8)21-30(29)32)28-17-15-26(20-23(28)6)35(11-3)12-4/h13-21,31H,9-12H2,1-8H3. The SMILES string of the molecule is CCN(CC)c1ccc(C(c2ccc(N(CC)CC)cc2C)c2ccc(N(C)C)cc2Cl)c(C)c1. The van der Waals surface area contributed by atoms with Crippen LogP contribution < -0.4 is 14.7 Å². The fourth-order valence-corrected chi connectivity index (χ4v) is 5.35. The van der Waals surface area contributed by atoms with Crippen LogP contribution in [-0.4, -0.2) is 40.3 Å². The van der Waals surface area contributed by atoms with E-state index in [0.717, 1.165) is 42.5 Å². The van der Waals surface area contributed by atoms with Crippen LogP contribution in [0.2, 0.25) is 5.02 Å². The lowest BCUT2D eigenvalue weighted by Crippen LogP contribution is -2.22. The summed E-state index contributed by atoms with van der Waals surface area (Å²) in [4.78, 5) is 6.89. The molecule has 0 spiro atoms. The van der Waals surface area contributed by atoms with Gasteiger partial charge in [0.1, 0.15) is 0 Å². The first-order chi connectivity index (χ1) is 16.7. The molecule has 0 aliphatic heterocycles. The van der Waals surface area contributed by atoms with E-state index in [4.69, 9.17) is 11.6 Å². The number of nitrogens with zero attached hydrogens (tertiary/aromatic N) is 3. The minimum atomic E-state index is 0.0650. The van der Waals surface area contributed by atoms with Crippen molar-refractivity contribution in [2.24, 2.45) is 0 Å². The fraction of sp³-hybridized carbons (Fsp3) is 0.419. The van der Waals surface area contributed by atoms with Gasteiger partial charge >= 0.3 is 0 Å². The molecule has 0 unspecified atom stereocenters. The van der Waals surface area contributed by atoms with E-state index in [-0.39, 0.29) is 5.92 Å². The molecule has 35 heavy (non-hydrogen) atoms. The molecule has 0 saturated carbocycles. The van der Waals surface area contributed by atoms with Gasteiger partial charge in [0, 0.05) is 68.3 Å². The quantitative estimate of drug-likeness (QED) is 0.267. The molecule has 0 aliphatic carbocycles. The van der Waals surface area contributed by atoms with Crippen LogP contribution in [0.25, 0.3) is 0 Å². The number of aryl methyl sites for hydroxylation is 2. The van der Waals surface area contributed by atoms with Gasteiger partial charge in [0.05, 0.1) is 0 Å². The molecule has 0 saturated heterocycles. The third-order valence-electron chi connectivity index (χ3n) is 7.20. The summed E-state index contributed by atoms with van der Waals surface area (Å²) in [5.41, 5.74) is 10.0. The second kappa shape index (κ2) is 11.9. The number of hydrogen-bond acceptors (Lipinski definition) is 3. The van der Waals surface area contributed by atoms with Crippen molar-refractivity contribution in [1.29, 1.82) is 0 Å². The van der Waals surface area contributed by atoms with Crippen LogP contribution in [-0.2, 0) is 0 Å². The predicted octanol–water partition coefficient (Wildman–Crippen LogP) is 7.90. The first-order valence-corrected chi connectivity index (χ1v) is 13.3. The van der Waals surface area contributed by atoms with Crippen molar-refractivity contribution in [3.8, 4) is 0 Å². The van der Waals surface area contributed by atoms with E-state index in [1.165, 1.54) is 33.6 Å². The molecule has 0 atom stereocenters. The van der Waals surface area contributed by atoms with Gasteiger partial charge in [-0.15, -0.1) is 0 Å². The summed E-state index contributed by atoms with van der Waals surface area (Å²) in [5, 5.41) is 0.806. The zero-order valence-electron chi connectivity index (χ0n) is 22.8. The molecule has 0 heterocycles. The normalized spacial score (nSPS) is 11.1. The van der Waals surface area contributed by atoms with Crippen LogP contribution in [0, 0.1) is 13.8 Å². The van der Waals surface area contributed by atoms with Gasteiger partial charge in [-0.3, -0.25) is 0 Å². The number of rotatable bonds is 10. The molecule has 188 valence electrons. The topological polar surface area (TPSA) is 9.72 Å².